The molecule has 4 rings (SSSR count). The fourth-order valence-corrected chi connectivity index (χ4v) is 5.11. The molecular formula is C34H43N3O4. The van der Waals surface area contributed by atoms with Crippen molar-refractivity contribution in [1.29, 1.82) is 0 Å². The molecule has 7 nitrogen and oxygen atoms in total. The van der Waals surface area contributed by atoms with Crippen LogP contribution in [0.4, 0.5) is 0 Å². The highest BCUT2D eigenvalue weighted by Gasteiger charge is 2.13. The number of methoxy groups -OCH3 is 2. The minimum absolute atomic E-state index is 0.00764. The van der Waals surface area contributed by atoms with Gasteiger partial charge in [-0.25, -0.2) is 4.98 Å². The summed E-state index contributed by atoms with van der Waals surface area (Å²) in [6, 6.07) is 20.3. The van der Waals surface area contributed by atoms with Gasteiger partial charge in [0.1, 0.15) is 18.2 Å². The number of hydrogen-bond donors (Lipinski definition) is 1. The maximum absolute atomic E-state index is 12.4. The predicted molar refractivity (Wildman–Crippen MR) is 164 cm³/mol. The van der Waals surface area contributed by atoms with Crippen molar-refractivity contribution in [1.82, 2.24) is 14.9 Å². The van der Waals surface area contributed by atoms with Crippen LogP contribution in [0.25, 0.3) is 11.0 Å². The number of para-hydroxylation sites is 2. The van der Waals surface area contributed by atoms with Crippen molar-refractivity contribution in [3.8, 4) is 17.2 Å². The second kappa shape index (κ2) is 14.6. The first kappa shape index (κ1) is 30.0. The fourth-order valence-electron chi connectivity index (χ4n) is 5.11. The van der Waals surface area contributed by atoms with Gasteiger partial charge in [-0.1, -0.05) is 50.6 Å². The standard InChI is InChI=1S/C34H43N3O4/c1-24(2)27-16-14-25(3)21-31(27)41-20-19-37-29-12-9-8-11-28(29)36-33(37)13-7-6-10-18-35-34(38)23-26-15-17-30(39-4)32(22-26)40-5/h8-9,11-12,14-17,21-22,24H,6-7,10,13,18-20,23H2,1-5H3,(H,35,38). The molecule has 218 valence electrons. The zero-order chi connectivity index (χ0) is 29.2. The average molecular weight is 558 g/mol. The number of nitrogens with zero attached hydrogens (tertiary/aromatic N) is 2. The number of carbonyl (C=O) groups is 1. The molecule has 0 unspecified atom stereocenters. The summed E-state index contributed by atoms with van der Waals surface area (Å²) in [5.41, 5.74) is 5.49. The third-order valence-electron chi connectivity index (χ3n) is 7.31. The Hall–Kier alpha value is -4.00. The number of imidazole rings is 1. The van der Waals surface area contributed by atoms with Gasteiger partial charge in [0.2, 0.25) is 5.91 Å². The van der Waals surface area contributed by atoms with Gasteiger partial charge in [0.25, 0.3) is 0 Å². The molecule has 0 spiro atoms. The lowest BCUT2D eigenvalue weighted by molar-refractivity contribution is -0.120. The lowest BCUT2D eigenvalue weighted by Gasteiger charge is -2.16. The summed E-state index contributed by atoms with van der Waals surface area (Å²) in [5.74, 6) is 3.76. The van der Waals surface area contributed by atoms with Gasteiger partial charge in [0.05, 0.1) is 38.2 Å². The molecule has 0 atom stereocenters. The fraction of sp³-hybridized carbons (Fsp3) is 0.412. The van der Waals surface area contributed by atoms with Crippen molar-refractivity contribution in [3.05, 3.63) is 83.2 Å². The SMILES string of the molecule is COc1ccc(CC(=O)NCCCCCc2nc3ccccc3n2CCOc2cc(C)ccc2C(C)C)cc1OC. The van der Waals surface area contributed by atoms with Gasteiger partial charge in [0, 0.05) is 13.0 Å². The molecule has 0 aliphatic carbocycles. The van der Waals surface area contributed by atoms with Crippen LogP contribution in [-0.4, -0.2) is 42.8 Å². The number of aromatic nitrogens is 2. The number of carbonyl (C=O) groups excluding carboxylic acids is 1. The number of unbranched alkanes of at least 4 members (excludes halogenated alkanes) is 2. The number of rotatable bonds is 15. The Morgan fingerprint density at radius 2 is 1.73 bits per heavy atom. The number of hydrogen-bond acceptors (Lipinski definition) is 5. The van der Waals surface area contributed by atoms with Gasteiger partial charge in [0.15, 0.2) is 11.5 Å². The van der Waals surface area contributed by atoms with E-state index in [0.29, 0.717) is 37.0 Å². The molecule has 3 aromatic carbocycles. The van der Waals surface area contributed by atoms with E-state index in [4.69, 9.17) is 19.2 Å². The van der Waals surface area contributed by atoms with E-state index >= 15 is 0 Å². The molecule has 0 aliphatic rings. The summed E-state index contributed by atoms with van der Waals surface area (Å²) in [5, 5.41) is 3.04. The van der Waals surface area contributed by atoms with Crippen molar-refractivity contribution in [2.75, 3.05) is 27.4 Å². The highest BCUT2D eigenvalue weighted by molar-refractivity contribution is 5.78. The van der Waals surface area contributed by atoms with Crippen LogP contribution >= 0.6 is 0 Å². The van der Waals surface area contributed by atoms with Crippen LogP contribution in [-0.2, 0) is 24.2 Å². The van der Waals surface area contributed by atoms with Gasteiger partial charge in [-0.15, -0.1) is 0 Å². The van der Waals surface area contributed by atoms with Crippen LogP contribution < -0.4 is 19.5 Å². The molecule has 1 heterocycles. The Labute approximate surface area is 243 Å². The topological polar surface area (TPSA) is 74.6 Å². The maximum Gasteiger partial charge on any atom is 0.224 e. The molecule has 7 heteroatoms. The van der Waals surface area contributed by atoms with E-state index < -0.39 is 0 Å². The molecule has 41 heavy (non-hydrogen) atoms. The quantitative estimate of drug-likeness (QED) is 0.166. The van der Waals surface area contributed by atoms with Crippen LogP contribution in [0.1, 0.15) is 61.5 Å². The van der Waals surface area contributed by atoms with Gasteiger partial charge in [-0.2, -0.15) is 0 Å². The molecule has 0 saturated carbocycles. The monoisotopic (exact) mass is 557 g/mol. The molecular weight excluding hydrogens is 514 g/mol. The van der Waals surface area contributed by atoms with Crippen LogP contribution in [0.3, 0.4) is 0 Å². The van der Waals surface area contributed by atoms with Crippen LogP contribution in [0.2, 0.25) is 0 Å². The number of fused-ring (bicyclic) bond motifs is 1. The van der Waals surface area contributed by atoms with E-state index in [2.05, 4.69) is 67.1 Å². The van der Waals surface area contributed by atoms with Crippen molar-refractivity contribution in [3.63, 3.8) is 0 Å². The van der Waals surface area contributed by atoms with Gasteiger partial charge in [-0.05, 0) is 72.7 Å². The second-order valence-electron chi connectivity index (χ2n) is 10.7. The normalized spacial score (nSPS) is 11.2. The van der Waals surface area contributed by atoms with Gasteiger partial charge in [-0.3, -0.25) is 4.79 Å². The minimum Gasteiger partial charge on any atom is -0.493 e. The molecule has 1 N–H and O–H groups in total. The molecule has 0 aliphatic heterocycles. The summed E-state index contributed by atoms with van der Waals surface area (Å²) in [6.45, 7) is 8.48. The Morgan fingerprint density at radius 3 is 2.51 bits per heavy atom. The largest absolute Gasteiger partial charge is 0.493 e. The molecule has 0 fully saturated rings. The summed E-state index contributed by atoms with van der Waals surface area (Å²) in [6.07, 6.45) is 4.14. The first-order valence-electron chi connectivity index (χ1n) is 14.5. The number of nitrogens with one attached hydrogen (secondary N) is 1. The second-order valence-corrected chi connectivity index (χ2v) is 10.7. The lowest BCUT2D eigenvalue weighted by Crippen LogP contribution is -2.26. The van der Waals surface area contributed by atoms with E-state index in [9.17, 15) is 4.79 Å². The Kier molecular flexibility index (Phi) is 10.7. The van der Waals surface area contributed by atoms with E-state index in [-0.39, 0.29) is 5.91 Å². The van der Waals surface area contributed by atoms with E-state index in [1.54, 1.807) is 14.2 Å². The molecule has 1 aromatic heterocycles. The summed E-state index contributed by atoms with van der Waals surface area (Å²) < 4.78 is 19.2. The third-order valence-corrected chi connectivity index (χ3v) is 7.31. The Morgan fingerprint density at radius 1 is 0.927 bits per heavy atom. The van der Waals surface area contributed by atoms with Crippen LogP contribution in [0.5, 0.6) is 17.2 Å². The van der Waals surface area contributed by atoms with Gasteiger partial charge < -0.3 is 24.1 Å². The smallest absolute Gasteiger partial charge is 0.224 e. The van der Waals surface area contributed by atoms with Gasteiger partial charge >= 0.3 is 0 Å². The van der Waals surface area contributed by atoms with E-state index in [1.807, 2.05) is 24.3 Å². The zero-order valence-corrected chi connectivity index (χ0v) is 25.0. The minimum atomic E-state index is 0.00764. The predicted octanol–water partition coefficient (Wildman–Crippen LogP) is 6.64. The Bertz CT molecular complexity index is 1440. The van der Waals surface area contributed by atoms with Crippen molar-refractivity contribution in [2.45, 2.75) is 65.3 Å². The van der Waals surface area contributed by atoms with E-state index in [1.165, 1.54) is 11.1 Å². The van der Waals surface area contributed by atoms with E-state index in [0.717, 1.165) is 60.4 Å². The molecule has 1 amide bonds. The molecule has 0 saturated heterocycles. The molecule has 0 bridgehead atoms. The highest BCUT2D eigenvalue weighted by Crippen LogP contribution is 2.29. The zero-order valence-electron chi connectivity index (χ0n) is 25.0. The lowest BCUT2D eigenvalue weighted by atomic mass is 10.0. The van der Waals surface area contributed by atoms with Crippen molar-refractivity contribution < 1.29 is 19.0 Å². The third kappa shape index (κ3) is 8.03. The highest BCUT2D eigenvalue weighted by atomic mass is 16.5. The van der Waals surface area contributed by atoms with Crippen molar-refractivity contribution in [2.24, 2.45) is 0 Å². The molecule has 0 radical (unpaired) electrons. The Balaban J connectivity index is 1.26. The summed E-state index contributed by atoms with van der Waals surface area (Å²) >= 11 is 0. The number of amides is 1. The van der Waals surface area contributed by atoms with Crippen molar-refractivity contribution >= 4 is 16.9 Å². The number of benzene rings is 3. The van der Waals surface area contributed by atoms with Crippen LogP contribution in [0.15, 0.2) is 60.7 Å². The maximum atomic E-state index is 12.4. The average Bonchev–Trinajstić information content (AvgIpc) is 3.31. The number of aryl methyl sites for hydroxylation is 2. The summed E-state index contributed by atoms with van der Waals surface area (Å²) in [7, 11) is 3.20. The van der Waals surface area contributed by atoms with Crippen LogP contribution in [0, 0.1) is 6.92 Å². The first-order chi connectivity index (χ1) is 19.9. The number of ether oxygens (including phenoxy) is 3. The first-order valence-corrected chi connectivity index (χ1v) is 14.5. The molecule has 4 aromatic rings. The summed E-state index contributed by atoms with van der Waals surface area (Å²) in [4.78, 5) is 17.4.